The summed E-state index contributed by atoms with van der Waals surface area (Å²) in [5, 5.41) is 10.1. The van der Waals surface area contributed by atoms with Gasteiger partial charge in [0.2, 0.25) is 6.43 Å². The van der Waals surface area contributed by atoms with Crippen molar-refractivity contribution in [2.24, 2.45) is 11.3 Å². The Balaban J connectivity index is 1.46. The van der Waals surface area contributed by atoms with E-state index in [4.69, 9.17) is 37.5 Å². The van der Waals surface area contributed by atoms with E-state index in [1.165, 1.54) is 6.07 Å². The summed E-state index contributed by atoms with van der Waals surface area (Å²) in [7, 11) is 1.86. The summed E-state index contributed by atoms with van der Waals surface area (Å²) < 4.78 is 73.3. The molecule has 1 fully saturated rings. The highest BCUT2D eigenvalue weighted by molar-refractivity contribution is 7.23. The number of nitrogen functional groups attached to an aromatic ring is 2. The molecule has 0 bridgehead atoms. The number of nitriles is 1. The highest BCUT2D eigenvalue weighted by atomic mass is 35.5. The number of piperidine rings is 1. The molecule has 5 aromatic rings. The molecule has 2 aliphatic heterocycles. The van der Waals surface area contributed by atoms with Gasteiger partial charge < -0.3 is 30.7 Å². The Morgan fingerprint density at radius 2 is 1.98 bits per heavy atom. The fraction of sp³-hybridized carbons (Fsp3) is 0.371. The molecule has 4 N–H and O–H groups in total. The zero-order valence-electron chi connectivity index (χ0n) is 27.8. The highest BCUT2D eigenvalue weighted by Crippen LogP contribution is 2.51. The van der Waals surface area contributed by atoms with Crippen LogP contribution in [-0.2, 0) is 0 Å². The number of nitrogens with zero attached hydrogens (tertiary/aromatic N) is 6. The van der Waals surface area contributed by atoms with Crippen molar-refractivity contribution in [3.63, 3.8) is 0 Å². The number of benzene rings is 2. The van der Waals surface area contributed by atoms with Crippen LogP contribution in [0, 0.1) is 34.3 Å². The Labute approximate surface area is 299 Å². The Morgan fingerprint density at radius 1 is 1.20 bits per heavy atom. The molecule has 266 valence electrons. The maximum atomic E-state index is 17.3. The molecule has 1 saturated heterocycles. The average Bonchev–Trinajstić information content (AvgIpc) is 3.31. The Morgan fingerprint density at radius 3 is 2.71 bits per heavy atom. The van der Waals surface area contributed by atoms with Crippen LogP contribution in [0.2, 0.25) is 5.02 Å². The smallest absolute Gasteiger partial charge is 0.319 e. The minimum absolute atomic E-state index is 0.0208. The lowest BCUT2D eigenvalue weighted by Crippen LogP contribution is -2.51. The highest BCUT2D eigenvalue weighted by Gasteiger charge is 2.45. The van der Waals surface area contributed by atoms with Crippen LogP contribution in [0.5, 0.6) is 11.8 Å². The number of hydrogen-bond acceptors (Lipinski definition) is 11. The molecule has 2 aromatic carbocycles. The van der Waals surface area contributed by atoms with Gasteiger partial charge in [0.05, 0.1) is 39.9 Å². The minimum Gasteiger partial charge on any atom is -0.489 e. The molecule has 5 heterocycles. The van der Waals surface area contributed by atoms with Crippen LogP contribution >= 0.6 is 22.9 Å². The van der Waals surface area contributed by atoms with Crippen molar-refractivity contribution < 1.29 is 27.0 Å². The standard InChI is InChI=1S/C35H33ClF4N8O2S/c1-16(17-5-4-9-44-31(17)42)48-11-12-49-28-24-27(45-34(46-33(24)48)50-15-35(2)14-47(3)10-8-20(35)30(39)40)26(38)23(25(28)36)18-6-7-21(37)29-22(18)19(13-41)32(43)51-29/h4-7,9,16,20,30H,8,10-12,14-15,43H2,1-3H3,(H2,42,44)/t16-,20-,35+/m1/s1. The SMILES string of the molecule is C[C@H](c1cccnc1N)N1CCOc2c(Cl)c(-c3ccc(F)c4sc(N)c(C#N)c34)c(F)c3nc(OC[C@]4(C)CN(C)CC[C@@H]4C(F)F)nc1c23. The molecule has 0 radical (unpaired) electrons. The maximum absolute atomic E-state index is 17.3. The van der Waals surface area contributed by atoms with E-state index in [-0.39, 0.29) is 97.3 Å². The lowest BCUT2D eigenvalue weighted by molar-refractivity contribution is -0.0679. The van der Waals surface area contributed by atoms with Crippen molar-refractivity contribution in [3.8, 4) is 29.0 Å². The normalized spacial score (nSPS) is 20.0. The second-order valence-corrected chi connectivity index (χ2v) is 14.7. The zero-order chi connectivity index (χ0) is 36.4. The molecule has 3 aromatic heterocycles. The molecule has 2 aliphatic rings. The van der Waals surface area contributed by atoms with Crippen LogP contribution in [0.15, 0.2) is 30.5 Å². The molecular weight excluding hydrogens is 708 g/mol. The van der Waals surface area contributed by atoms with Gasteiger partial charge in [-0.25, -0.2) is 22.5 Å². The lowest BCUT2D eigenvalue weighted by atomic mass is 9.73. The topological polar surface area (TPSA) is 139 Å². The molecular formula is C35H33ClF4N8O2S. The zero-order valence-corrected chi connectivity index (χ0v) is 29.4. The molecule has 16 heteroatoms. The monoisotopic (exact) mass is 740 g/mol. The Bertz CT molecular complexity index is 2230. The van der Waals surface area contributed by atoms with E-state index >= 15 is 8.78 Å². The summed E-state index contributed by atoms with van der Waals surface area (Å²) >= 11 is 7.88. The van der Waals surface area contributed by atoms with Crippen molar-refractivity contribution in [3.05, 3.63) is 58.2 Å². The first-order chi connectivity index (χ1) is 24.3. The summed E-state index contributed by atoms with van der Waals surface area (Å²) in [6.45, 7) is 4.60. The molecule has 10 nitrogen and oxygen atoms in total. The van der Waals surface area contributed by atoms with E-state index in [1.807, 2.05) is 35.9 Å². The predicted octanol–water partition coefficient (Wildman–Crippen LogP) is 7.44. The number of halogens is 5. The number of thiophene rings is 1. The summed E-state index contributed by atoms with van der Waals surface area (Å²) in [6, 6.07) is 7.33. The summed E-state index contributed by atoms with van der Waals surface area (Å²) in [6.07, 6.45) is -0.731. The third-order valence-corrected chi connectivity index (χ3v) is 11.4. The van der Waals surface area contributed by atoms with Gasteiger partial charge in [0, 0.05) is 40.6 Å². The summed E-state index contributed by atoms with van der Waals surface area (Å²) in [5.41, 5.74) is 11.7. The number of hydrogen-bond donors (Lipinski definition) is 2. The molecule has 0 aliphatic carbocycles. The Kier molecular flexibility index (Phi) is 8.97. The summed E-state index contributed by atoms with van der Waals surface area (Å²) in [5.74, 6) is -1.94. The fourth-order valence-corrected chi connectivity index (χ4v) is 8.68. The summed E-state index contributed by atoms with van der Waals surface area (Å²) in [4.78, 5) is 17.3. The number of alkyl halides is 2. The average molecular weight is 741 g/mol. The van der Waals surface area contributed by atoms with Gasteiger partial charge in [-0.1, -0.05) is 30.7 Å². The number of aromatic nitrogens is 3. The lowest BCUT2D eigenvalue weighted by Gasteiger charge is -2.44. The van der Waals surface area contributed by atoms with Gasteiger partial charge in [0.1, 0.15) is 40.6 Å². The fourth-order valence-electron chi connectivity index (χ4n) is 7.40. The maximum Gasteiger partial charge on any atom is 0.319 e. The molecule has 0 spiro atoms. The van der Waals surface area contributed by atoms with Gasteiger partial charge in [-0.15, -0.1) is 11.3 Å². The van der Waals surface area contributed by atoms with E-state index in [1.54, 1.807) is 19.2 Å². The second-order valence-electron chi connectivity index (χ2n) is 13.2. The second kappa shape index (κ2) is 13.2. The van der Waals surface area contributed by atoms with Crippen molar-refractivity contribution in [1.82, 2.24) is 19.9 Å². The van der Waals surface area contributed by atoms with Crippen molar-refractivity contribution >= 4 is 60.6 Å². The van der Waals surface area contributed by atoms with Gasteiger partial charge in [0.15, 0.2) is 11.6 Å². The molecule has 0 amide bonds. The van der Waals surface area contributed by atoms with Crippen molar-refractivity contribution in [2.45, 2.75) is 32.7 Å². The van der Waals surface area contributed by atoms with E-state index in [0.717, 1.165) is 17.4 Å². The van der Waals surface area contributed by atoms with E-state index in [9.17, 15) is 14.0 Å². The van der Waals surface area contributed by atoms with Crippen LogP contribution in [0.3, 0.4) is 0 Å². The van der Waals surface area contributed by atoms with Crippen LogP contribution in [0.1, 0.15) is 37.4 Å². The van der Waals surface area contributed by atoms with Gasteiger partial charge >= 0.3 is 6.01 Å². The largest absolute Gasteiger partial charge is 0.489 e. The molecule has 7 rings (SSSR count). The number of rotatable bonds is 7. The minimum atomic E-state index is -2.57. The molecule has 3 atom stereocenters. The number of pyridine rings is 1. The Hall–Kier alpha value is -4.65. The third kappa shape index (κ3) is 5.79. The van der Waals surface area contributed by atoms with Gasteiger partial charge in [-0.3, -0.25) is 0 Å². The van der Waals surface area contributed by atoms with E-state index < -0.39 is 35.4 Å². The number of likely N-dealkylation sites (tertiary alicyclic amines) is 1. The van der Waals surface area contributed by atoms with Crippen LogP contribution in [0.4, 0.5) is 34.2 Å². The van der Waals surface area contributed by atoms with Crippen molar-refractivity contribution in [1.29, 1.82) is 5.26 Å². The predicted molar refractivity (Wildman–Crippen MR) is 190 cm³/mol. The van der Waals surface area contributed by atoms with E-state index in [0.29, 0.717) is 18.7 Å². The molecule has 51 heavy (non-hydrogen) atoms. The van der Waals surface area contributed by atoms with Gasteiger partial charge in [-0.05, 0) is 44.6 Å². The number of ether oxygens (including phenoxy) is 2. The quantitative estimate of drug-likeness (QED) is 0.162. The third-order valence-electron chi connectivity index (χ3n) is 9.96. The molecule has 0 unspecified atom stereocenters. The van der Waals surface area contributed by atoms with E-state index in [2.05, 4.69) is 9.97 Å². The molecule has 0 saturated carbocycles. The first kappa shape index (κ1) is 34.8. The number of anilines is 3. The first-order valence-corrected chi connectivity index (χ1v) is 17.4. The van der Waals surface area contributed by atoms with Gasteiger partial charge in [0.25, 0.3) is 0 Å². The first-order valence-electron chi connectivity index (χ1n) is 16.2. The van der Waals surface area contributed by atoms with Gasteiger partial charge in [-0.2, -0.15) is 15.2 Å². The van der Waals surface area contributed by atoms with Crippen molar-refractivity contribution in [2.75, 3.05) is 56.3 Å². The van der Waals surface area contributed by atoms with Crippen LogP contribution < -0.4 is 25.8 Å². The number of fused-ring (bicyclic) bond motifs is 1. The van der Waals surface area contributed by atoms with Crippen LogP contribution in [0.25, 0.3) is 32.1 Å². The van der Waals surface area contributed by atoms with Crippen LogP contribution in [-0.4, -0.2) is 66.2 Å². The number of nitrogens with two attached hydrogens (primary N) is 2.